The molecular formula is C26H20F3NO2. The predicted octanol–water partition coefficient (Wildman–Crippen LogP) is 6.10. The van der Waals surface area contributed by atoms with E-state index in [0.29, 0.717) is 30.5 Å². The van der Waals surface area contributed by atoms with Crippen molar-refractivity contribution in [3.05, 3.63) is 106 Å². The van der Waals surface area contributed by atoms with Crippen molar-refractivity contribution in [2.75, 3.05) is 6.54 Å². The Morgan fingerprint density at radius 3 is 2.12 bits per heavy atom. The summed E-state index contributed by atoms with van der Waals surface area (Å²) in [6.07, 6.45) is -0.0738. The quantitative estimate of drug-likeness (QED) is 0.346. The minimum Gasteiger partial charge on any atom is -0.274 e. The Morgan fingerprint density at radius 2 is 1.44 bits per heavy atom. The van der Waals surface area contributed by atoms with Gasteiger partial charge in [-0.1, -0.05) is 66.7 Å². The van der Waals surface area contributed by atoms with Gasteiger partial charge in [-0.3, -0.25) is 14.5 Å². The SMILES string of the molecule is O=C1c2ccccc2C(=O)N1CCCc1cccc(/C=C/c2ccccc2C(F)(F)F)c1. The van der Waals surface area contributed by atoms with Gasteiger partial charge in [-0.2, -0.15) is 13.2 Å². The molecule has 0 unspecified atom stereocenters. The van der Waals surface area contributed by atoms with Gasteiger partial charge in [-0.25, -0.2) is 0 Å². The van der Waals surface area contributed by atoms with E-state index in [-0.39, 0.29) is 17.4 Å². The molecule has 3 aromatic carbocycles. The number of carbonyl (C=O) groups excluding carboxylic acids is 2. The molecule has 0 bridgehead atoms. The molecule has 0 fully saturated rings. The maximum absolute atomic E-state index is 13.2. The van der Waals surface area contributed by atoms with E-state index in [4.69, 9.17) is 0 Å². The zero-order valence-electron chi connectivity index (χ0n) is 17.1. The minimum absolute atomic E-state index is 0.107. The van der Waals surface area contributed by atoms with Gasteiger partial charge in [0.15, 0.2) is 0 Å². The van der Waals surface area contributed by atoms with Gasteiger partial charge in [0.2, 0.25) is 0 Å². The summed E-state index contributed by atoms with van der Waals surface area (Å²) in [6, 6.07) is 19.7. The summed E-state index contributed by atoms with van der Waals surface area (Å²) in [6.45, 7) is 0.311. The molecule has 32 heavy (non-hydrogen) atoms. The highest BCUT2D eigenvalue weighted by Crippen LogP contribution is 2.32. The summed E-state index contributed by atoms with van der Waals surface area (Å²) in [5.74, 6) is -0.545. The maximum Gasteiger partial charge on any atom is 0.416 e. The smallest absolute Gasteiger partial charge is 0.274 e. The van der Waals surface area contributed by atoms with Crippen molar-refractivity contribution >= 4 is 24.0 Å². The highest BCUT2D eigenvalue weighted by atomic mass is 19.4. The molecule has 1 heterocycles. The van der Waals surface area contributed by atoms with Crippen molar-refractivity contribution in [1.29, 1.82) is 0 Å². The Balaban J connectivity index is 1.40. The Hall–Kier alpha value is -3.67. The average Bonchev–Trinajstić information content (AvgIpc) is 3.03. The van der Waals surface area contributed by atoms with E-state index >= 15 is 0 Å². The van der Waals surface area contributed by atoms with Crippen LogP contribution in [0, 0.1) is 0 Å². The molecule has 0 spiro atoms. The Labute approximate surface area is 183 Å². The third-order valence-corrected chi connectivity index (χ3v) is 5.40. The largest absolute Gasteiger partial charge is 0.416 e. The van der Waals surface area contributed by atoms with Crippen molar-refractivity contribution in [3.8, 4) is 0 Å². The first-order valence-electron chi connectivity index (χ1n) is 10.2. The number of hydrogen-bond acceptors (Lipinski definition) is 2. The van der Waals surface area contributed by atoms with E-state index in [2.05, 4.69) is 0 Å². The van der Waals surface area contributed by atoms with E-state index < -0.39 is 11.7 Å². The molecule has 4 rings (SSSR count). The number of aryl methyl sites for hydroxylation is 1. The standard InChI is InChI=1S/C26H20F3NO2/c27-26(28,29)23-13-4-1-10-20(23)15-14-19-8-5-7-18(17-19)9-6-16-30-24(31)21-11-2-3-12-22(21)25(30)32/h1-5,7-8,10-15,17H,6,9,16H2/b15-14+. The second-order valence-electron chi connectivity index (χ2n) is 7.57. The summed E-state index contributed by atoms with van der Waals surface area (Å²) in [4.78, 5) is 26.1. The topological polar surface area (TPSA) is 37.4 Å². The molecule has 3 nitrogen and oxygen atoms in total. The normalized spacial score (nSPS) is 13.8. The fourth-order valence-corrected chi connectivity index (χ4v) is 3.82. The van der Waals surface area contributed by atoms with Gasteiger partial charge in [0.05, 0.1) is 16.7 Å². The summed E-state index contributed by atoms with van der Waals surface area (Å²) in [7, 11) is 0. The van der Waals surface area contributed by atoms with E-state index in [1.54, 1.807) is 36.4 Å². The van der Waals surface area contributed by atoms with Gasteiger partial charge < -0.3 is 0 Å². The number of imide groups is 1. The summed E-state index contributed by atoms with van der Waals surface area (Å²) >= 11 is 0. The highest BCUT2D eigenvalue weighted by Gasteiger charge is 2.34. The van der Waals surface area contributed by atoms with Crippen LogP contribution in [0.1, 0.15) is 49.4 Å². The van der Waals surface area contributed by atoms with Gasteiger partial charge in [0.1, 0.15) is 0 Å². The number of carbonyl (C=O) groups is 2. The molecule has 3 aromatic rings. The van der Waals surface area contributed by atoms with Gasteiger partial charge in [-0.15, -0.1) is 0 Å². The van der Waals surface area contributed by atoms with Gasteiger partial charge in [0, 0.05) is 6.54 Å². The molecule has 0 aliphatic carbocycles. The fraction of sp³-hybridized carbons (Fsp3) is 0.154. The molecule has 1 aliphatic heterocycles. The van der Waals surface area contributed by atoms with Crippen LogP contribution in [-0.4, -0.2) is 23.3 Å². The number of hydrogen-bond donors (Lipinski definition) is 0. The van der Waals surface area contributed by atoms with Crippen molar-refractivity contribution < 1.29 is 22.8 Å². The number of fused-ring (bicyclic) bond motifs is 1. The lowest BCUT2D eigenvalue weighted by atomic mass is 10.0. The molecule has 0 N–H and O–H groups in total. The second-order valence-corrected chi connectivity index (χ2v) is 7.57. The van der Waals surface area contributed by atoms with Crippen LogP contribution in [0.2, 0.25) is 0 Å². The van der Waals surface area contributed by atoms with E-state index in [9.17, 15) is 22.8 Å². The molecule has 0 aromatic heterocycles. The number of nitrogens with zero attached hydrogens (tertiary/aromatic N) is 1. The van der Waals surface area contributed by atoms with Gasteiger partial charge in [0.25, 0.3) is 11.8 Å². The number of amides is 2. The molecular weight excluding hydrogens is 415 g/mol. The van der Waals surface area contributed by atoms with E-state index in [1.165, 1.54) is 23.1 Å². The van der Waals surface area contributed by atoms with Crippen LogP contribution in [0.5, 0.6) is 0 Å². The number of rotatable bonds is 6. The number of benzene rings is 3. The molecule has 0 atom stereocenters. The van der Waals surface area contributed by atoms with Crippen molar-refractivity contribution in [2.24, 2.45) is 0 Å². The summed E-state index contributed by atoms with van der Waals surface area (Å²) < 4.78 is 39.5. The lowest BCUT2D eigenvalue weighted by Gasteiger charge is -2.13. The van der Waals surface area contributed by atoms with Crippen LogP contribution in [-0.2, 0) is 12.6 Å². The van der Waals surface area contributed by atoms with Crippen LogP contribution in [0.25, 0.3) is 12.2 Å². The average molecular weight is 435 g/mol. The zero-order chi connectivity index (χ0) is 22.7. The van der Waals surface area contributed by atoms with Crippen molar-refractivity contribution in [1.82, 2.24) is 4.90 Å². The third kappa shape index (κ3) is 4.49. The molecule has 0 radical (unpaired) electrons. The van der Waals surface area contributed by atoms with Crippen molar-refractivity contribution in [2.45, 2.75) is 19.0 Å². The third-order valence-electron chi connectivity index (χ3n) is 5.40. The molecule has 2 amide bonds. The first-order chi connectivity index (χ1) is 15.3. The molecule has 6 heteroatoms. The van der Waals surface area contributed by atoms with E-state index in [0.717, 1.165) is 17.2 Å². The van der Waals surface area contributed by atoms with Gasteiger partial charge >= 0.3 is 6.18 Å². The lowest BCUT2D eigenvalue weighted by Crippen LogP contribution is -2.30. The second kappa shape index (κ2) is 8.83. The Bertz CT molecular complexity index is 1160. The van der Waals surface area contributed by atoms with Crippen LogP contribution in [0.4, 0.5) is 13.2 Å². The maximum atomic E-state index is 13.2. The van der Waals surface area contributed by atoms with Gasteiger partial charge in [-0.05, 0) is 47.7 Å². The molecule has 162 valence electrons. The van der Waals surface area contributed by atoms with Crippen molar-refractivity contribution in [3.63, 3.8) is 0 Å². The van der Waals surface area contributed by atoms with Crippen LogP contribution in [0.15, 0.2) is 72.8 Å². The monoisotopic (exact) mass is 435 g/mol. The summed E-state index contributed by atoms with van der Waals surface area (Å²) in [5, 5.41) is 0. The molecule has 1 aliphatic rings. The number of alkyl halides is 3. The zero-order valence-corrected chi connectivity index (χ0v) is 17.1. The number of halogens is 3. The Morgan fingerprint density at radius 1 is 0.781 bits per heavy atom. The van der Waals surface area contributed by atoms with Crippen LogP contribution >= 0.6 is 0 Å². The van der Waals surface area contributed by atoms with Crippen LogP contribution in [0.3, 0.4) is 0 Å². The molecule has 0 saturated heterocycles. The predicted molar refractivity (Wildman–Crippen MR) is 117 cm³/mol. The highest BCUT2D eigenvalue weighted by molar-refractivity contribution is 6.21. The Kier molecular flexibility index (Phi) is 5.95. The fourth-order valence-electron chi connectivity index (χ4n) is 3.82. The summed E-state index contributed by atoms with van der Waals surface area (Å²) in [5.41, 5.74) is 2.06. The first-order valence-corrected chi connectivity index (χ1v) is 10.2. The first kappa shape index (κ1) is 21.6. The van der Waals surface area contributed by atoms with E-state index in [1.807, 2.05) is 24.3 Å². The minimum atomic E-state index is -4.41. The lowest BCUT2D eigenvalue weighted by molar-refractivity contribution is -0.137. The molecule has 0 saturated carbocycles. The van der Waals surface area contributed by atoms with Crippen LogP contribution < -0.4 is 0 Å².